The van der Waals surface area contributed by atoms with Crippen molar-refractivity contribution < 1.29 is 9.13 Å². The fraction of sp³-hybridized carbons (Fsp3) is 0.250. The van der Waals surface area contributed by atoms with Crippen molar-refractivity contribution in [3.8, 4) is 5.75 Å². The molecular weight excluding hydrogens is 277 g/mol. The molecule has 0 aromatic heterocycles. The van der Waals surface area contributed by atoms with Crippen LogP contribution in [0.2, 0.25) is 5.02 Å². The molecule has 0 saturated heterocycles. The van der Waals surface area contributed by atoms with E-state index in [0.29, 0.717) is 0 Å². The molecule has 0 fully saturated rings. The molecule has 0 amide bonds. The third-order valence-electron chi connectivity index (χ3n) is 3.35. The standard InChI is InChI=1S/C16H17ClFNO/c1-10-8-12(20-3)5-6-13(10)16(19-2)11-4-7-14(17)15(18)9-11/h4-9,16,19H,1-3H3. The molecule has 0 aliphatic carbocycles. The normalized spacial score (nSPS) is 12.2. The van der Waals surface area contributed by atoms with Crippen molar-refractivity contribution in [2.45, 2.75) is 13.0 Å². The lowest BCUT2D eigenvalue weighted by atomic mass is 9.95. The summed E-state index contributed by atoms with van der Waals surface area (Å²) in [6.07, 6.45) is 0. The van der Waals surface area contributed by atoms with E-state index in [-0.39, 0.29) is 11.1 Å². The first-order chi connectivity index (χ1) is 9.56. The van der Waals surface area contributed by atoms with E-state index in [0.717, 1.165) is 22.4 Å². The van der Waals surface area contributed by atoms with Crippen LogP contribution in [0, 0.1) is 12.7 Å². The summed E-state index contributed by atoms with van der Waals surface area (Å²) >= 11 is 5.73. The summed E-state index contributed by atoms with van der Waals surface area (Å²) in [6.45, 7) is 2.01. The lowest BCUT2D eigenvalue weighted by Gasteiger charge is -2.20. The van der Waals surface area contributed by atoms with Gasteiger partial charge in [-0.05, 0) is 54.9 Å². The van der Waals surface area contributed by atoms with Crippen molar-refractivity contribution in [3.05, 3.63) is 63.9 Å². The SMILES string of the molecule is CNC(c1ccc(Cl)c(F)c1)c1ccc(OC)cc1C. The maximum Gasteiger partial charge on any atom is 0.142 e. The van der Waals surface area contributed by atoms with Crippen LogP contribution < -0.4 is 10.1 Å². The minimum absolute atomic E-state index is 0.0901. The average molecular weight is 294 g/mol. The van der Waals surface area contributed by atoms with Gasteiger partial charge in [0.15, 0.2) is 0 Å². The van der Waals surface area contributed by atoms with Gasteiger partial charge in [-0.15, -0.1) is 0 Å². The molecule has 2 nitrogen and oxygen atoms in total. The van der Waals surface area contributed by atoms with Crippen LogP contribution in [0.25, 0.3) is 0 Å². The summed E-state index contributed by atoms with van der Waals surface area (Å²) in [5, 5.41) is 3.34. The van der Waals surface area contributed by atoms with Gasteiger partial charge in [-0.1, -0.05) is 23.7 Å². The van der Waals surface area contributed by atoms with Gasteiger partial charge in [0.2, 0.25) is 0 Å². The van der Waals surface area contributed by atoms with E-state index in [9.17, 15) is 4.39 Å². The third-order valence-corrected chi connectivity index (χ3v) is 3.66. The van der Waals surface area contributed by atoms with Crippen molar-refractivity contribution in [2.24, 2.45) is 0 Å². The van der Waals surface area contributed by atoms with Crippen molar-refractivity contribution in [2.75, 3.05) is 14.2 Å². The molecule has 1 unspecified atom stereocenters. The van der Waals surface area contributed by atoms with Gasteiger partial charge < -0.3 is 10.1 Å². The summed E-state index contributed by atoms with van der Waals surface area (Å²) < 4.78 is 18.8. The zero-order chi connectivity index (χ0) is 14.7. The number of hydrogen-bond donors (Lipinski definition) is 1. The smallest absolute Gasteiger partial charge is 0.142 e. The average Bonchev–Trinajstić information content (AvgIpc) is 2.45. The van der Waals surface area contributed by atoms with E-state index < -0.39 is 5.82 Å². The lowest BCUT2D eigenvalue weighted by molar-refractivity contribution is 0.414. The van der Waals surface area contributed by atoms with Crippen molar-refractivity contribution in [3.63, 3.8) is 0 Å². The van der Waals surface area contributed by atoms with E-state index in [4.69, 9.17) is 16.3 Å². The van der Waals surface area contributed by atoms with Gasteiger partial charge >= 0.3 is 0 Å². The third kappa shape index (κ3) is 2.94. The van der Waals surface area contributed by atoms with E-state index in [2.05, 4.69) is 5.32 Å². The number of nitrogens with one attached hydrogen (secondary N) is 1. The molecule has 20 heavy (non-hydrogen) atoms. The molecular formula is C16H17ClFNO. The Labute approximate surface area is 123 Å². The predicted molar refractivity (Wildman–Crippen MR) is 80.0 cm³/mol. The summed E-state index contributed by atoms with van der Waals surface area (Å²) in [5.74, 6) is 0.402. The lowest BCUT2D eigenvalue weighted by Crippen LogP contribution is -2.18. The van der Waals surface area contributed by atoms with Crippen LogP contribution in [-0.4, -0.2) is 14.2 Å². The molecule has 0 radical (unpaired) electrons. The minimum atomic E-state index is -0.407. The highest BCUT2D eigenvalue weighted by atomic mass is 35.5. The van der Waals surface area contributed by atoms with E-state index >= 15 is 0 Å². The highest BCUT2D eigenvalue weighted by Gasteiger charge is 2.16. The molecule has 0 aliphatic rings. The second kappa shape index (κ2) is 6.25. The van der Waals surface area contributed by atoms with Crippen LogP contribution in [0.4, 0.5) is 4.39 Å². The molecule has 0 spiro atoms. The fourth-order valence-electron chi connectivity index (χ4n) is 2.29. The number of methoxy groups -OCH3 is 1. The van der Waals surface area contributed by atoms with Crippen LogP contribution in [0.1, 0.15) is 22.7 Å². The Morgan fingerprint density at radius 2 is 1.95 bits per heavy atom. The maximum atomic E-state index is 13.6. The highest BCUT2D eigenvalue weighted by molar-refractivity contribution is 6.30. The molecule has 0 bridgehead atoms. The van der Waals surface area contributed by atoms with Gasteiger partial charge in [-0.2, -0.15) is 0 Å². The zero-order valence-electron chi connectivity index (χ0n) is 11.7. The Hall–Kier alpha value is -1.58. The topological polar surface area (TPSA) is 21.3 Å². The van der Waals surface area contributed by atoms with Gasteiger partial charge in [0.25, 0.3) is 0 Å². The first-order valence-electron chi connectivity index (χ1n) is 6.33. The molecule has 0 saturated carbocycles. The molecule has 2 aromatic carbocycles. The Morgan fingerprint density at radius 3 is 2.50 bits per heavy atom. The molecule has 2 aromatic rings. The Bertz CT molecular complexity index is 615. The number of ether oxygens (including phenoxy) is 1. The fourth-order valence-corrected chi connectivity index (χ4v) is 2.41. The van der Waals surface area contributed by atoms with Gasteiger partial charge in [-0.3, -0.25) is 0 Å². The molecule has 2 rings (SSSR count). The minimum Gasteiger partial charge on any atom is -0.497 e. The zero-order valence-corrected chi connectivity index (χ0v) is 12.5. The first-order valence-corrected chi connectivity index (χ1v) is 6.71. The van der Waals surface area contributed by atoms with Crippen LogP contribution in [0.3, 0.4) is 0 Å². The molecule has 0 heterocycles. The van der Waals surface area contributed by atoms with Crippen LogP contribution in [0.15, 0.2) is 36.4 Å². The van der Waals surface area contributed by atoms with Crippen molar-refractivity contribution >= 4 is 11.6 Å². The monoisotopic (exact) mass is 293 g/mol. The summed E-state index contributed by atoms with van der Waals surface area (Å²) in [5.41, 5.74) is 3.00. The molecule has 106 valence electrons. The molecule has 1 atom stereocenters. The molecule has 0 aliphatic heterocycles. The molecule has 4 heteroatoms. The summed E-state index contributed by atoms with van der Waals surface area (Å²) in [7, 11) is 3.49. The summed E-state index contributed by atoms with van der Waals surface area (Å²) in [4.78, 5) is 0. The largest absolute Gasteiger partial charge is 0.497 e. The quantitative estimate of drug-likeness (QED) is 0.916. The van der Waals surface area contributed by atoms with Crippen LogP contribution >= 0.6 is 11.6 Å². The molecule has 1 N–H and O–H groups in total. The number of rotatable bonds is 4. The van der Waals surface area contributed by atoms with Crippen molar-refractivity contribution in [1.29, 1.82) is 0 Å². The van der Waals surface area contributed by atoms with Gasteiger partial charge in [0, 0.05) is 0 Å². The number of benzene rings is 2. The highest BCUT2D eigenvalue weighted by Crippen LogP contribution is 2.29. The van der Waals surface area contributed by atoms with Crippen LogP contribution in [-0.2, 0) is 0 Å². The maximum absolute atomic E-state index is 13.6. The van der Waals surface area contributed by atoms with Crippen molar-refractivity contribution in [1.82, 2.24) is 5.32 Å². The number of halogens is 2. The van der Waals surface area contributed by atoms with E-state index in [1.807, 2.05) is 38.2 Å². The Kier molecular flexibility index (Phi) is 4.63. The Balaban J connectivity index is 2.43. The first kappa shape index (κ1) is 14.8. The van der Waals surface area contributed by atoms with Gasteiger partial charge in [0.1, 0.15) is 11.6 Å². The summed E-state index contributed by atoms with van der Waals surface area (Å²) in [6, 6.07) is 10.6. The van der Waals surface area contributed by atoms with E-state index in [1.54, 1.807) is 13.2 Å². The second-order valence-electron chi connectivity index (χ2n) is 4.62. The number of aryl methyl sites for hydroxylation is 1. The van der Waals surface area contributed by atoms with Gasteiger partial charge in [0.05, 0.1) is 18.2 Å². The van der Waals surface area contributed by atoms with E-state index in [1.165, 1.54) is 6.07 Å². The van der Waals surface area contributed by atoms with Gasteiger partial charge in [-0.25, -0.2) is 4.39 Å². The predicted octanol–water partition coefficient (Wildman–Crippen LogP) is 4.10. The van der Waals surface area contributed by atoms with Crippen LogP contribution in [0.5, 0.6) is 5.75 Å². The number of hydrogen-bond acceptors (Lipinski definition) is 2. The second-order valence-corrected chi connectivity index (χ2v) is 5.02. The Morgan fingerprint density at radius 1 is 1.20 bits per heavy atom.